The SMILES string of the molecule is CC(=O)c1ccccc1C1(N(C)C)CCC1. The van der Waals surface area contributed by atoms with Gasteiger partial charge in [0.25, 0.3) is 0 Å². The van der Waals surface area contributed by atoms with Crippen LogP contribution in [-0.4, -0.2) is 24.8 Å². The van der Waals surface area contributed by atoms with E-state index in [-0.39, 0.29) is 11.3 Å². The molecule has 0 aromatic heterocycles. The van der Waals surface area contributed by atoms with Gasteiger partial charge in [-0.05, 0) is 45.8 Å². The Bertz CT molecular complexity index is 405. The van der Waals surface area contributed by atoms with Crippen molar-refractivity contribution in [3.8, 4) is 0 Å². The molecular formula is C14H19NO. The Balaban J connectivity index is 2.50. The summed E-state index contributed by atoms with van der Waals surface area (Å²) in [6, 6.07) is 8.03. The molecule has 1 aliphatic carbocycles. The van der Waals surface area contributed by atoms with Gasteiger partial charge in [-0.2, -0.15) is 0 Å². The zero-order valence-electron chi connectivity index (χ0n) is 10.3. The van der Waals surface area contributed by atoms with Crippen LogP contribution < -0.4 is 0 Å². The third kappa shape index (κ3) is 1.57. The number of nitrogens with zero attached hydrogens (tertiary/aromatic N) is 1. The lowest BCUT2D eigenvalue weighted by Gasteiger charge is -2.48. The van der Waals surface area contributed by atoms with Crippen molar-refractivity contribution in [2.75, 3.05) is 14.1 Å². The molecule has 1 aromatic carbocycles. The van der Waals surface area contributed by atoms with Crippen LogP contribution in [0.25, 0.3) is 0 Å². The van der Waals surface area contributed by atoms with Crippen LogP contribution >= 0.6 is 0 Å². The number of carbonyl (C=O) groups excluding carboxylic acids is 1. The summed E-state index contributed by atoms with van der Waals surface area (Å²) >= 11 is 0. The highest BCUT2D eigenvalue weighted by Gasteiger charge is 2.42. The highest BCUT2D eigenvalue weighted by molar-refractivity contribution is 5.96. The third-order valence-corrected chi connectivity index (χ3v) is 3.84. The number of Topliss-reactive ketones (excluding diaryl/α,β-unsaturated/α-hetero) is 1. The highest BCUT2D eigenvalue weighted by Crippen LogP contribution is 2.46. The van der Waals surface area contributed by atoms with Crippen LogP contribution in [0.15, 0.2) is 24.3 Å². The number of ketones is 1. The highest BCUT2D eigenvalue weighted by atomic mass is 16.1. The van der Waals surface area contributed by atoms with Gasteiger partial charge in [0.05, 0.1) is 0 Å². The van der Waals surface area contributed by atoms with Crippen LogP contribution in [0.1, 0.15) is 42.1 Å². The summed E-state index contributed by atoms with van der Waals surface area (Å²) in [6.07, 6.45) is 3.57. The zero-order chi connectivity index (χ0) is 11.8. The van der Waals surface area contributed by atoms with E-state index in [0.717, 1.165) is 18.4 Å². The zero-order valence-corrected chi connectivity index (χ0v) is 10.3. The second-order valence-corrected chi connectivity index (χ2v) is 4.88. The summed E-state index contributed by atoms with van der Waals surface area (Å²) in [6.45, 7) is 1.65. The van der Waals surface area contributed by atoms with Crippen molar-refractivity contribution < 1.29 is 4.79 Å². The first-order chi connectivity index (χ1) is 7.58. The molecule has 0 spiro atoms. The van der Waals surface area contributed by atoms with E-state index >= 15 is 0 Å². The van der Waals surface area contributed by atoms with Gasteiger partial charge in [-0.15, -0.1) is 0 Å². The second-order valence-electron chi connectivity index (χ2n) is 4.88. The van der Waals surface area contributed by atoms with Crippen molar-refractivity contribution in [3.63, 3.8) is 0 Å². The minimum Gasteiger partial charge on any atom is -0.300 e. The first kappa shape index (κ1) is 11.3. The molecule has 16 heavy (non-hydrogen) atoms. The van der Waals surface area contributed by atoms with E-state index in [0.29, 0.717) is 0 Å². The Morgan fingerprint density at radius 3 is 2.31 bits per heavy atom. The molecule has 1 fully saturated rings. The molecule has 1 aliphatic rings. The Hall–Kier alpha value is -1.15. The second kappa shape index (κ2) is 4.02. The van der Waals surface area contributed by atoms with E-state index in [1.165, 1.54) is 12.0 Å². The molecule has 0 N–H and O–H groups in total. The summed E-state index contributed by atoms with van der Waals surface area (Å²) < 4.78 is 0. The molecule has 0 amide bonds. The van der Waals surface area contributed by atoms with Gasteiger partial charge in [0.15, 0.2) is 5.78 Å². The summed E-state index contributed by atoms with van der Waals surface area (Å²) in [5.41, 5.74) is 2.19. The Kier molecular flexibility index (Phi) is 2.85. The molecule has 0 heterocycles. The summed E-state index contributed by atoms with van der Waals surface area (Å²) in [5, 5.41) is 0. The number of benzene rings is 1. The minimum atomic E-state index is 0.0995. The average molecular weight is 217 g/mol. The maximum absolute atomic E-state index is 11.7. The van der Waals surface area contributed by atoms with E-state index in [2.05, 4.69) is 25.1 Å². The van der Waals surface area contributed by atoms with E-state index in [4.69, 9.17) is 0 Å². The molecule has 0 unspecified atom stereocenters. The monoisotopic (exact) mass is 217 g/mol. The summed E-state index contributed by atoms with van der Waals surface area (Å²) in [4.78, 5) is 13.9. The van der Waals surface area contributed by atoms with Gasteiger partial charge in [0, 0.05) is 11.1 Å². The lowest BCUT2D eigenvalue weighted by molar-refractivity contribution is 0.0563. The fraction of sp³-hybridized carbons (Fsp3) is 0.500. The topological polar surface area (TPSA) is 20.3 Å². The van der Waals surface area contributed by atoms with Crippen molar-refractivity contribution in [2.45, 2.75) is 31.7 Å². The Labute approximate surface area is 97.3 Å². The molecule has 2 heteroatoms. The molecule has 2 rings (SSSR count). The normalized spacial score (nSPS) is 18.2. The fourth-order valence-corrected chi connectivity index (χ4v) is 2.67. The Morgan fingerprint density at radius 2 is 1.88 bits per heavy atom. The van der Waals surface area contributed by atoms with Gasteiger partial charge in [0.2, 0.25) is 0 Å². The summed E-state index contributed by atoms with van der Waals surface area (Å²) in [5.74, 6) is 0.170. The third-order valence-electron chi connectivity index (χ3n) is 3.84. The Morgan fingerprint density at radius 1 is 1.25 bits per heavy atom. The number of hydrogen-bond acceptors (Lipinski definition) is 2. The van der Waals surface area contributed by atoms with Gasteiger partial charge >= 0.3 is 0 Å². The first-order valence-electron chi connectivity index (χ1n) is 5.86. The molecule has 0 radical (unpaired) electrons. The van der Waals surface area contributed by atoms with Gasteiger partial charge in [0.1, 0.15) is 0 Å². The predicted octanol–water partition coefficient (Wildman–Crippen LogP) is 2.83. The van der Waals surface area contributed by atoms with Crippen molar-refractivity contribution in [3.05, 3.63) is 35.4 Å². The maximum atomic E-state index is 11.7. The average Bonchev–Trinajstić information content (AvgIpc) is 2.15. The van der Waals surface area contributed by atoms with Crippen molar-refractivity contribution >= 4 is 5.78 Å². The van der Waals surface area contributed by atoms with E-state index in [9.17, 15) is 4.79 Å². The molecular weight excluding hydrogens is 198 g/mol. The molecule has 0 atom stereocenters. The van der Waals surface area contributed by atoms with Crippen LogP contribution in [0.3, 0.4) is 0 Å². The van der Waals surface area contributed by atoms with E-state index in [1.807, 2.05) is 18.2 Å². The quantitative estimate of drug-likeness (QED) is 0.726. The van der Waals surface area contributed by atoms with Crippen molar-refractivity contribution in [1.29, 1.82) is 0 Å². The van der Waals surface area contributed by atoms with Gasteiger partial charge in [-0.25, -0.2) is 0 Å². The lowest BCUT2D eigenvalue weighted by atomic mass is 9.69. The van der Waals surface area contributed by atoms with E-state index < -0.39 is 0 Å². The number of carbonyl (C=O) groups is 1. The standard InChI is InChI=1S/C14H19NO/c1-11(16)12-7-4-5-8-13(12)14(15(2)3)9-6-10-14/h4-5,7-8H,6,9-10H2,1-3H3. The van der Waals surface area contributed by atoms with Crippen LogP contribution in [0.5, 0.6) is 0 Å². The molecule has 1 aromatic rings. The molecule has 2 nitrogen and oxygen atoms in total. The largest absolute Gasteiger partial charge is 0.300 e. The minimum absolute atomic E-state index is 0.0995. The van der Waals surface area contributed by atoms with Crippen molar-refractivity contribution in [1.82, 2.24) is 4.90 Å². The van der Waals surface area contributed by atoms with Gasteiger partial charge in [-0.1, -0.05) is 24.3 Å². The molecule has 0 aliphatic heterocycles. The van der Waals surface area contributed by atoms with Gasteiger partial charge < -0.3 is 0 Å². The molecule has 86 valence electrons. The fourth-order valence-electron chi connectivity index (χ4n) is 2.67. The van der Waals surface area contributed by atoms with Crippen LogP contribution in [0.4, 0.5) is 0 Å². The summed E-state index contributed by atoms with van der Waals surface area (Å²) in [7, 11) is 4.21. The van der Waals surface area contributed by atoms with Crippen LogP contribution in [0, 0.1) is 0 Å². The van der Waals surface area contributed by atoms with Crippen molar-refractivity contribution in [2.24, 2.45) is 0 Å². The first-order valence-corrected chi connectivity index (χ1v) is 5.86. The molecule has 0 bridgehead atoms. The smallest absolute Gasteiger partial charge is 0.160 e. The van der Waals surface area contributed by atoms with E-state index in [1.54, 1.807) is 6.92 Å². The maximum Gasteiger partial charge on any atom is 0.160 e. The van der Waals surface area contributed by atoms with Crippen LogP contribution in [0.2, 0.25) is 0 Å². The molecule has 1 saturated carbocycles. The van der Waals surface area contributed by atoms with Crippen LogP contribution in [-0.2, 0) is 5.54 Å². The predicted molar refractivity (Wildman–Crippen MR) is 65.7 cm³/mol. The lowest BCUT2D eigenvalue weighted by Crippen LogP contribution is -2.47. The number of rotatable bonds is 3. The number of hydrogen-bond donors (Lipinski definition) is 0. The van der Waals surface area contributed by atoms with Gasteiger partial charge in [-0.3, -0.25) is 9.69 Å². The molecule has 0 saturated heterocycles.